The number of nitrogens with one attached hydrogen (secondary N) is 1. The molecule has 0 saturated carbocycles. The number of H-pyrrole nitrogens is 1. The molecule has 0 aliphatic carbocycles. The largest absolute Gasteiger partial charge is 0.349 e. The van der Waals surface area contributed by atoms with Gasteiger partial charge in [0.15, 0.2) is 0 Å². The predicted octanol–water partition coefficient (Wildman–Crippen LogP) is 1.18. The van der Waals surface area contributed by atoms with Gasteiger partial charge in [0.05, 0.1) is 8.41 Å². The first kappa shape index (κ1) is 29.3. The lowest BCUT2D eigenvalue weighted by atomic mass is 10.2. The highest BCUT2D eigenvalue weighted by Crippen LogP contribution is 1.96. The summed E-state index contributed by atoms with van der Waals surface area (Å²) in [5, 5.41) is 0. The van der Waals surface area contributed by atoms with E-state index in [0.717, 1.165) is 12.2 Å². The molecule has 88 valence electrons. The Bertz CT molecular complexity index is 161. The third kappa shape index (κ3) is 11.0. The van der Waals surface area contributed by atoms with Crippen LogP contribution in [0.1, 0.15) is 25.6 Å². The fourth-order valence-corrected chi connectivity index (χ4v) is 0.779. The summed E-state index contributed by atoms with van der Waals surface area (Å²) in [4.78, 5) is 7.16. The van der Waals surface area contributed by atoms with Crippen LogP contribution in [0.5, 0.6) is 0 Å². The van der Waals surface area contributed by atoms with Crippen molar-refractivity contribution in [1.29, 1.82) is 0 Å². The van der Waals surface area contributed by atoms with E-state index in [0.29, 0.717) is 0 Å². The summed E-state index contributed by atoms with van der Waals surface area (Å²) in [5.41, 5.74) is 0. The van der Waals surface area contributed by atoms with Crippen LogP contribution >= 0.6 is 0 Å². The quantitative estimate of drug-likeness (QED) is 0.598. The number of rotatable bonds is 3. The summed E-state index contributed by atoms with van der Waals surface area (Å²) >= 11 is 0. The number of hydrogen-bond acceptors (Lipinski definition) is 1. The van der Waals surface area contributed by atoms with Crippen LogP contribution in [0, 0.1) is 0 Å². The number of imidazole rings is 1. The fourth-order valence-electron chi connectivity index (χ4n) is 0.779. The van der Waals surface area contributed by atoms with Crippen molar-refractivity contribution in [3.63, 3.8) is 0 Å². The Labute approximate surface area is 82.6 Å². The highest BCUT2D eigenvalue weighted by atomic mass is 19.0. The zero-order chi connectivity index (χ0) is 6.53. The molecule has 14 heavy (non-hydrogen) atoms. The number of unbranched alkanes of at least 4 members (excludes halogenated alkanes) is 1. The lowest BCUT2D eigenvalue weighted by molar-refractivity contribution is 0.762. The van der Waals surface area contributed by atoms with Crippen molar-refractivity contribution in [3.05, 3.63) is 18.2 Å². The van der Waals surface area contributed by atoms with Gasteiger partial charge in [-0.05, 0) is 6.42 Å². The summed E-state index contributed by atoms with van der Waals surface area (Å²) in [6.07, 6.45) is 7.22. The van der Waals surface area contributed by atoms with Crippen LogP contribution in [-0.4, -0.2) is 18.4 Å². The van der Waals surface area contributed by atoms with Crippen molar-refractivity contribution >= 4 is 8.41 Å². The highest BCUT2D eigenvalue weighted by Gasteiger charge is 1.90. The van der Waals surface area contributed by atoms with Gasteiger partial charge in [0.25, 0.3) is 0 Å². The Morgan fingerprint density at radius 2 is 1.79 bits per heavy atom. The fraction of sp³-hybridized carbons (Fsp3) is 0.571. The van der Waals surface area contributed by atoms with Crippen LogP contribution in [-0.2, 0) is 6.42 Å². The molecule has 1 rings (SSSR count). The molecule has 0 amide bonds. The van der Waals surface area contributed by atoms with Crippen molar-refractivity contribution in [1.82, 2.24) is 9.97 Å². The molecule has 0 saturated heterocycles. The predicted molar refractivity (Wildman–Crippen MR) is 57.2 cm³/mol. The Morgan fingerprint density at radius 3 is 2.14 bits per heavy atom. The van der Waals surface area contributed by atoms with Crippen molar-refractivity contribution < 1.29 is 18.8 Å². The van der Waals surface area contributed by atoms with E-state index in [1.54, 1.807) is 6.20 Å². The molecule has 7 heteroatoms. The van der Waals surface area contributed by atoms with E-state index in [-0.39, 0.29) is 27.2 Å². The maximum absolute atomic E-state index is 4.10. The van der Waals surface area contributed by atoms with Gasteiger partial charge in [-0.15, -0.1) is 0 Å². The zero-order valence-corrected chi connectivity index (χ0v) is 7.36. The number of nitrogens with zero attached hydrogens (tertiary/aromatic N) is 1. The van der Waals surface area contributed by atoms with Gasteiger partial charge < -0.3 is 4.98 Å². The molecule has 2 nitrogen and oxygen atoms in total. The molecule has 0 bridgehead atoms. The topological polar surface area (TPSA) is 28.7 Å². The van der Waals surface area contributed by atoms with E-state index >= 15 is 0 Å². The number of aromatic nitrogens is 2. The van der Waals surface area contributed by atoms with Gasteiger partial charge in [-0.2, -0.15) is 0 Å². The van der Waals surface area contributed by atoms with Gasteiger partial charge in [0.1, 0.15) is 5.82 Å². The number of aryl methyl sites for hydroxylation is 1. The monoisotopic (exact) mass is 218 g/mol. The maximum atomic E-state index is 4.10. The molecule has 0 radical (unpaired) electrons. The molecule has 0 atom stereocenters. The first-order valence-corrected chi connectivity index (χ1v) is 3.41. The Kier molecular flexibility index (Phi) is 37.4. The van der Waals surface area contributed by atoms with Gasteiger partial charge in [-0.1, -0.05) is 13.3 Å². The number of aromatic amines is 1. The van der Waals surface area contributed by atoms with Gasteiger partial charge >= 0.3 is 0 Å². The van der Waals surface area contributed by atoms with E-state index in [9.17, 15) is 0 Å². The summed E-state index contributed by atoms with van der Waals surface area (Å²) in [6, 6.07) is 0. The van der Waals surface area contributed by atoms with E-state index < -0.39 is 0 Å². The van der Waals surface area contributed by atoms with Crippen molar-refractivity contribution in [2.24, 2.45) is 0 Å². The molecule has 1 aromatic rings. The van der Waals surface area contributed by atoms with Crippen molar-refractivity contribution in [3.8, 4) is 0 Å². The maximum Gasteiger partial charge on any atom is 0.105 e. The molecule has 0 aliphatic rings. The number of halogens is 4. The molecule has 0 fully saturated rings. The molecule has 0 unspecified atom stereocenters. The first-order chi connectivity index (χ1) is 4.43. The van der Waals surface area contributed by atoms with Crippen LogP contribution < -0.4 is 0 Å². The summed E-state index contributed by atoms with van der Waals surface area (Å²) in [5.74, 6) is 1.11. The van der Waals surface area contributed by atoms with Crippen molar-refractivity contribution in [2.45, 2.75) is 26.2 Å². The van der Waals surface area contributed by atoms with Crippen LogP contribution in [0.2, 0.25) is 0 Å². The van der Waals surface area contributed by atoms with Gasteiger partial charge in [-0.3, -0.25) is 18.8 Å². The standard InChI is InChI=1S/C7H12N2.BH3.4FH/c1-2-3-4-7-8-5-6-9-7;;;;;/h5-6H,2-4H2,1H3,(H,8,9);1H3;4*1H. The molecule has 1 N–H and O–H groups in total. The minimum Gasteiger partial charge on any atom is -0.349 e. The zero-order valence-electron chi connectivity index (χ0n) is 7.36. The second kappa shape index (κ2) is 17.9. The van der Waals surface area contributed by atoms with Crippen LogP contribution in [0.4, 0.5) is 18.8 Å². The Morgan fingerprint density at radius 1 is 1.21 bits per heavy atom. The third-order valence-electron chi connectivity index (χ3n) is 1.32. The highest BCUT2D eigenvalue weighted by molar-refractivity contribution is 5.75. The second-order valence-corrected chi connectivity index (χ2v) is 2.14. The van der Waals surface area contributed by atoms with E-state index in [1.807, 2.05) is 6.20 Å². The number of hydrogen-bond donors (Lipinski definition) is 1. The summed E-state index contributed by atoms with van der Waals surface area (Å²) in [6.45, 7) is 2.18. The lowest BCUT2D eigenvalue weighted by Crippen LogP contribution is -1.85. The van der Waals surface area contributed by atoms with Gasteiger partial charge in [0.2, 0.25) is 0 Å². The normalized spacial score (nSPS) is 6.36. The summed E-state index contributed by atoms with van der Waals surface area (Å²) < 4.78 is 0. The average molecular weight is 218 g/mol. The second-order valence-electron chi connectivity index (χ2n) is 2.14. The van der Waals surface area contributed by atoms with Crippen LogP contribution in [0.3, 0.4) is 0 Å². The molecule has 0 aliphatic heterocycles. The smallest absolute Gasteiger partial charge is 0.105 e. The van der Waals surface area contributed by atoms with E-state index in [4.69, 9.17) is 0 Å². The molecule has 1 heterocycles. The molecule has 0 spiro atoms. The lowest BCUT2D eigenvalue weighted by Gasteiger charge is -1.90. The van der Waals surface area contributed by atoms with Crippen LogP contribution in [0.25, 0.3) is 0 Å². The van der Waals surface area contributed by atoms with Crippen molar-refractivity contribution in [2.75, 3.05) is 0 Å². The summed E-state index contributed by atoms with van der Waals surface area (Å²) in [7, 11) is 0. The van der Waals surface area contributed by atoms with Gasteiger partial charge in [0, 0.05) is 18.8 Å². The molecular formula is C7H19BF4N2. The van der Waals surface area contributed by atoms with E-state index in [1.165, 1.54) is 12.8 Å². The van der Waals surface area contributed by atoms with Gasteiger partial charge in [-0.25, -0.2) is 4.98 Å². The average Bonchev–Trinajstić information content (AvgIpc) is 2.34. The third-order valence-corrected chi connectivity index (χ3v) is 1.32. The molecule has 1 aromatic heterocycles. The Balaban J connectivity index is -0.0000000540. The minimum atomic E-state index is 0. The Hall–Kier alpha value is -1.01. The molecular weight excluding hydrogens is 199 g/mol. The van der Waals surface area contributed by atoms with Crippen LogP contribution in [0.15, 0.2) is 12.4 Å². The minimum absolute atomic E-state index is 0. The first-order valence-electron chi connectivity index (χ1n) is 3.41. The van der Waals surface area contributed by atoms with E-state index in [2.05, 4.69) is 16.9 Å². The SMILES string of the molecule is B.CCCCc1ncc[nH]1.F.F.F.F. The molecule has 0 aromatic carbocycles.